The lowest BCUT2D eigenvalue weighted by molar-refractivity contribution is 0.0970. The summed E-state index contributed by atoms with van der Waals surface area (Å²) >= 11 is 0. The summed E-state index contributed by atoms with van der Waals surface area (Å²) in [6, 6.07) is 20.4. The first kappa shape index (κ1) is 20.7. The molecule has 1 unspecified atom stereocenters. The summed E-state index contributed by atoms with van der Waals surface area (Å²) < 4.78 is 11.5. The number of carbonyl (C=O) groups excluding carboxylic acids is 2. The number of carbonyl (C=O) groups is 2. The van der Waals surface area contributed by atoms with Crippen LogP contribution in [0.1, 0.15) is 51.9 Å². The van der Waals surface area contributed by atoms with Crippen molar-refractivity contribution >= 4 is 28.3 Å². The van der Waals surface area contributed by atoms with Gasteiger partial charge in [0.15, 0.2) is 11.2 Å². The number of fused-ring (bicyclic) bond motifs is 2. The van der Waals surface area contributed by atoms with Crippen molar-refractivity contribution in [2.24, 2.45) is 0 Å². The molecule has 0 fully saturated rings. The van der Waals surface area contributed by atoms with Gasteiger partial charge in [0.1, 0.15) is 11.3 Å². The molecule has 164 valence electrons. The van der Waals surface area contributed by atoms with Gasteiger partial charge in [0.2, 0.25) is 5.76 Å². The quantitative estimate of drug-likeness (QED) is 0.402. The third kappa shape index (κ3) is 3.40. The predicted molar refractivity (Wildman–Crippen MR) is 125 cm³/mol. The van der Waals surface area contributed by atoms with Crippen molar-refractivity contribution in [1.29, 1.82) is 0 Å². The van der Waals surface area contributed by atoms with Crippen LogP contribution >= 0.6 is 0 Å². The average molecular weight is 439 g/mol. The number of amides is 1. The van der Waals surface area contributed by atoms with Crippen LogP contribution in [0.25, 0.3) is 11.0 Å². The van der Waals surface area contributed by atoms with Crippen molar-refractivity contribution < 1.29 is 18.7 Å². The Morgan fingerprint density at radius 3 is 2.33 bits per heavy atom. The fraction of sp³-hybridized carbons (Fsp3) is 0.148. The molecule has 0 bridgehead atoms. The Hall–Kier alpha value is -4.19. The summed E-state index contributed by atoms with van der Waals surface area (Å²) in [5.74, 6) is 0.271. The second-order valence-electron chi connectivity index (χ2n) is 7.85. The van der Waals surface area contributed by atoms with Crippen LogP contribution in [0, 0.1) is 0 Å². The smallest absolute Gasteiger partial charge is 0.295 e. The van der Waals surface area contributed by atoms with Gasteiger partial charge in [0.25, 0.3) is 5.91 Å². The minimum absolute atomic E-state index is 0.0354. The molecule has 0 N–H and O–H groups in total. The number of benzene rings is 3. The van der Waals surface area contributed by atoms with Crippen LogP contribution in [0.4, 0.5) is 5.69 Å². The number of nitrogens with zero attached hydrogens (tertiary/aromatic N) is 1. The van der Waals surface area contributed by atoms with E-state index in [-0.39, 0.29) is 17.0 Å². The van der Waals surface area contributed by atoms with E-state index in [2.05, 4.69) is 0 Å². The predicted octanol–water partition coefficient (Wildman–Crippen LogP) is 5.14. The van der Waals surface area contributed by atoms with Crippen LogP contribution in [-0.2, 0) is 0 Å². The number of ketones is 1. The van der Waals surface area contributed by atoms with Gasteiger partial charge in [0, 0.05) is 11.3 Å². The van der Waals surface area contributed by atoms with Crippen molar-refractivity contribution in [3.8, 4) is 5.75 Å². The second kappa shape index (κ2) is 8.06. The molecule has 33 heavy (non-hydrogen) atoms. The Kier molecular flexibility index (Phi) is 5.05. The lowest BCUT2D eigenvalue weighted by atomic mass is 9.98. The highest BCUT2D eigenvalue weighted by molar-refractivity contribution is 6.10. The number of hydrogen-bond donors (Lipinski definition) is 0. The first-order valence-corrected chi connectivity index (χ1v) is 10.7. The minimum Gasteiger partial charge on any atom is -0.494 e. The summed E-state index contributed by atoms with van der Waals surface area (Å²) in [4.78, 5) is 40.4. The SMILES string of the molecule is CCOc1ccc(C2c3c(oc4ccccc4c3=O)C(=O)N2c2ccc(C(C)=O)cc2)cc1. The standard InChI is InChI=1S/C27H21NO5/c1-3-32-20-14-10-18(11-15-20)24-23-25(30)21-6-4-5-7-22(21)33-26(23)27(31)28(24)19-12-8-17(9-13-19)16(2)29/h4-15,24H,3H2,1-2H3. The number of para-hydroxylation sites is 1. The third-order valence-electron chi connectivity index (χ3n) is 5.84. The summed E-state index contributed by atoms with van der Waals surface area (Å²) in [6.45, 7) is 3.93. The van der Waals surface area contributed by atoms with E-state index in [4.69, 9.17) is 9.15 Å². The Bertz CT molecular complexity index is 1430. The average Bonchev–Trinajstić information content (AvgIpc) is 3.12. The lowest BCUT2D eigenvalue weighted by Crippen LogP contribution is -2.29. The Morgan fingerprint density at radius 2 is 1.67 bits per heavy atom. The number of anilines is 1. The topological polar surface area (TPSA) is 76.8 Å². The maximum Gasteiger partial charge on any atom is 0.295 e. The molecule has 1 aliphatic heterocycles. The zero-order valence-electron chi connectivity index (χ0n) is 18.2. The van der Waals surface area contributed by atoms with E-state index < -0.39 is 11.9 Å². The fourth-order valence-corrected chi connectivity index (χ4v) is 4.27. The van der Waals surface area contributed by atoms with E-state index in [1.54, 1.807) is 53.4 Å². The van der Waals surface area contributed by atoms with E-state index in [9.17, 15) is 14.4 Å². The Balaban J connectivity index is 1.72. The molecular weight excluding hydrogens is 418 g/mol. The molecule has 1 atom stereocenters. The molecular formula is C27H21NO5. The molecule has 4 aromatic rings. The molecule has 1 aromatic heterocycles. The largest absolute Gasteiger partial charge is 0.494 e. The highest BCUT2D eigenvalue weighted by Crippen LogP contribution is 2.41. The van der Waals surface area contributed by atoms with Crippen LogP contribution in [0.3, 0.4) is 0 Å². The highest BCUT2D eigenvalue weighted by Gasteiger charge is 2.43. The van der Waals surface area contributed by atoms with Crippen LogP contribution < -0.4 is 15.1 Å². The third-order valence-corrected chi connectivity index (χ3v) is 5.84. The highest BCUT2D eigenvalue weighted by atomic mass is 16.5. The van der Waals surface area contributed by atoms with Gasteiger partial charge in [-0.15, -0.1) is 0 Å². The van der Waals surface area contributed by atoms with Crippen molar-refractivity contribution in [2.45, 2.75) is 19.9 Å². The van der Waals surface area contributed by atoms with Gasteiger partial charge >= 0.3 is 0 Å². The summed E-state index contributed by atoms with van der Waals surface area (Å²) in [5.41, 5.74) is 2.30. The molecule has 0 aliphatic carbocycles. The van der Waals surface area contributed by atoms with Crippen molar-refractivity contribution in [2.75, 3.05) is 11.5 Å². The summed E-state index contributed by atoms with van der Waals surface area (Å²) in [5, 5.41) is 0.425. The molecule has 5 rings (SSSR count). The van der Waals surface area contributed by atoms with Gasteiger partial charge < -0.3 is 9.15 Å². The molecule has 6 heteroatoms. The van der Waals surface area contributed by atoms with Crippen molar-refractivity contribution in [3.63, 3.8) is 0 Å². The van der Waals surface area contributed by atoms with Gasteiger partial charge in [-0.25, -0.2) is 0 Å². The first-order chi connectivity index (χ1) is 16.0. The Labute approximate surface area is 190 Å². The van der Waals surface area contributed by atoms with E-state index >= 15 is 0 Å². The lowest BCUT2D eigenvalue weighted by Gasteiger charge is -2.25. The molecule has 0 saturated heterocycles. The first-order valence-electron chi connectivity index (χ1n) is 10.7. The van der Waals surface area contributed by atoms with E-state index in [1.807, 2.05) is 31.2 Å². The molecule has 3 aromatic carbocycles. The minimum atomic E-state index is -0.674. The molecule has 1 aliphatic rings. The maximum absolute atomic E-state index is 13.6. The van der Waals surface area contributed by atoms with Crippen LogP contribution in [0.5, 0.6) is 5.75 Å². The summed E-state index contributed by atoms with van der Waals surface area (Å²) in [7, 11) is 0. The number of Topliss-reactive ketones (excluding diaryl/α,β-unsaturated/α-hetero) is 1. The van der Waals surface area contributed by atoms with Gasteiger partial charge in [-0.3, -0.25) is 19.3 Å². The number of hydrogen-bond acceptors (Lipinski definition) is 5. The van der Waals surface area contributed by atoms with E-state index in [0.717, 1.165) is 5.56 Å². The maximum atomic E-state index is 13.6. The van der Waals surface area contributed by atoms with Crippen molar-refractivity contribution in [3.05, 3.63) is 105 Å². The summed E-state index contributed by atoms with van der Waals surface area (Å²) in [6.07, 6.45) is 0. The fourth-order valence-electron chi connectivity index (χ4n) is 4.27. The van der Waals surface area contributed by atoms with Crippen LogP contribution in [0.15, 0.2) is 82.0 Å². The Morgan fingerprint density at radius 1 is 0.970 bits per heavy atom. The van der Waals surface area contributed by atoms with Crippen LogP contribution in [0.2, 0.25) is 0 Å². The van der Waals surface area contributed by atoms with E-state index in [0.29, 0.717) is 40.1 Å². The number of rotatable bonds is 5. The zero-order chi connectivity index (χ0) is 23.1. The molecule has 2 heterocycles. The van der Waals surface area contributed by atoms with Gasteiger partial charge in [-0.1, -0.05) is 24.3 Å². The normalized spacial score (nSPS) is 15.0. The van der Waals surface area contributed by atoms with Gasteiger partial charge in [0.05, 0.1) is 23.6 Å². The molecule has 6 nitrogen and oxygen atoms in total. The van der Waals surface area contributed by atoms with Crippen molar-refractivity contribution in [1.82, 2.24) is 0 Å². The molecule has 0 radical (unpaired) electrons. The van der Waals surface area contributed by atoms with E-state index in [1.165, 1.54) is 6.92 Å². The van der Waals surface area contributed by atoms with Gasteiger partial charge in [-0.05, 0) is 67.9 Å². The van der Waals surface area contributed by atoms with Gasteiger partial charge in [-0.2, -0.15) is 0 Å². The zero-order valence-corrected chi connectivity index (χ0v) is 18.2. The van der Waals surface area contributed by atoms with Crippen LogP contribution in [-0.4, -0.2) is 18.3 Å². The monoisotopic (exact) mass is 439 g/mol. The second-order valence-corrected chi connectivity index (χ2v) is 7.85. The molecule has 0 saturated carbocycles. The molecule has 0 spiro atoms. The molecule has 1 amide bonds. The number of ether oxygens (including phenoxy) is 1.